The van der Waals surface area contributed by atoms with Gasteiger partial charge in [0.1, 0.15) is 16.5 Å². The maximum absolute atomic E-state index is 12.1. The summed E-state index contributed by atoms with van der Waals surface area (Å²) < 4.78 is 10.4. The van der Waals surface area contributed by atoms with Crippen LogP contribution in [0.3, 0.4) is 0 Å². The number of hydrogen-bond donors (Lipinski definition) is 2. The second-order valence-electron chi connectivity index (χ2n) is 6.32. The molecule has 1 aromatic heterocycles. The lowest BCUT2D eigenvalue weighted by atomic mass is 9.97. The summed E-state index contributed by atoms with van der Waals surface area (Å²) in [4.78, 5) is 29.1. The van der Waals surface area contributed by atoms with E-state index in [-0.39, 0.29) is 5.01 Å². The van der Waals surface area contributed by atoms with E-state index in [1.54, 1.807) is 38.5 Å². The fourth-order valence-corrected chi connectivity index (χ4v) is 4.00. The molecular formula is C21H20N2O5S. The number of carbonyl (C=O) groups excluding carboxylic acids is 1. The molecule has 0 aliphatic rings. The Morgan fingerprint density at radius 1 is 0.966 bits per heavy atom. The molecule has 150 valence electrons. The Morgan fingerprint density at radius 3 is 1.86 bits per heavy atom. The first-order valence-corrected chi connectivity index (χ1v) is 9.46. The number of carboxylic acid groups (broad SMARTS) is 1. The molecule has 3 aromatic rings. The second-order valence-corrected chi connectivity index (χ2v) is 7.32. The van der Waals surface area contributed by atoms with Crippen molar-refractivity contribution in [3.63, 3.8) is 0 Å². The smallest absolute Gasteiger partial charge is 0.338 e. The molecule has 1 atom stereocenters. The van der Waals surface area contributed by atoms with Gasteiger partial charge in [0.05, 0.1) is 24.8 Å². The number of Topliss-reactive ketones (excluding diaryl/α,β-unsaturated/α-hetero) is 1. The highest BCUT2D eigenvalue weighted by Crippen LogP contribution is 2.40. The predicted octanol–water partition coefficient (Wildman–Crippen LogP) is 3.32. The van der Waals surface area contributed by atoms with Gasteiger partial charge in [0, 0.05) is 5.56 Å². The van der Waals surface area contributed by atoms with Crippen LogP contribution < -0.4 is 15.2 Å². The topological polar surface area (TPSA) is 112 Å². The number of ether oxygens (including phenoxy) is 2. The van der Waals surface area contributed by atoms with Gasteiger partial charge in [0.15, 0.2) is 5.78 Å². The van der Waals surface area contributed by atoms with Crippen LogP contribution in [0.1, 0.15) is 11.9 Å². The Balaban J connectivity index is 2.22. The number of carbonyl (C=O) groups is 2. The molecule has 7 nitrogen and oxygen atoms in total. The normalized spacial score (nSPS) is 12.8. The third-order valence-electron chi connectivity index (χ3n) is 4.57. The van der Waals surface area contributed by atoms with E-state index < -0.39 is 17.3 Å². The summed E-state index contributed by atoms with van der Waals surface area (Å²) in [6.07, 6.45) is 0. The lowest BCUT2D eigenvalue weighted by Crippen LogP contribution is -2.50. The van der Waals surface area contributed by atoms with Crippen molar-refractivity contribution in [3.8, 4) is 33.2 Å². The molecule has 3 N–H and O–H groups in total. The van der Waals surface area contributed by atoms with Crippen LogP contribution >= 0.6 is 11.3 Å². The number of ketones is 1. The van der Waals surface area contributed by atoms with E-state index in [0.29, 0.717) is 22.1 Å². The summed E-state index contributed by atoms with van der Waals surface area (Å²) in [6, 6.07) is 14.5. The van der Waals surface area contributed by atoms with Crippen LogP contribution in [0.4, 0.5) is 0 Å². The van der Waals surface area contributed by atoms with Crippen molar-refractivity contribution in [1.82, 2.24) is 4.98 Å². The van der Waals surface area contributed by atoms with Crippen molar-refractivity contribution in [3.05, 3.63) is 53.5 Å². The van der Waals surface area contributed by atoms with Crippen molar-refractivity contribution >= 4 is 23.1 Å². The van der Waals surface area contributed by atoms with Gasteiger partial charge in [-0.05, 0) is 61.0 Å². The molecule has 0 fully saturated rings. The number of nitrogens with two attached hydrogens (primary N) is 1. The van der Waals surface area contributed by atoms with Gasteiger partial charge in [0.25, 0.3) is 0 Å². The Labute approximate surface area is 171 Å². The second kappa shape index (κ2) is 8.02. The highest BCUT2D eigenvalue weighted by atomic mass is 32.1. The third-order valence-corrected chi connectivity index (χ3v) is 5.81. The van der Waals surface area contributed by atoms with Gasteiger partial charge >= 0.3 is 5.97 Å². The molecule has 0 radical (unpaired) electrons. The number of hydrogen-bond acceptors (Lipinski definition) is 7. The first-order valence-electron chi connectivity index (χ1n) is 8.64. The molecule has 0 saturated carbocycles. The number of nitrogens with zero attached hydrogens (tertiary/aromatic N) is 1. The van der Waals surface area contributed by atoms with Crippen LogP contribution in [0, 0.1) is 0 Å². The van der Waals surface area contributed by atoms with Gasteiger partial charge in [-0.25, -0.2) is 9.78 Å². The van der Waals surface area contributed by atoms with Crippen molar-refractivity contribution in [2.24, 2.45) is 5.73 Å². The average molecular weight is 412 g/mol. The van der Waals surface area contributed by atoms with E-state index in [4.69, 9.17) is 15.2 Å². The van der Waals surface area contributed by atoms with E-state index in [1.165, 1.54) is 0 Å². The highest BCUT2D eigenvalue weighted by Gasteiger charge is 2.45. The average Bonchev–Trinajstić information content (AvgIpc) is 3.18. The first kappa shape index (κ1) is 20.5. The number of rotatable bonds is 7. The monoisotopic (exact) mass is 412 g/mol. The minimum absolute atomic E-state index is 0.0223. The molecule has 0 saturated heterocycles. The summed E-state index contributed by atoms with van der Waals surface area (Å²) in [5.74, 6) is -0.771. The van der Waals surface area contributed by atoms with E-state index in [9.17, 15) is 14.7 Å². The Bertz CT molecular complexity index is 963. The number of aliphatic carboxylic acids is 1. The highest BCUT2D eigenvalue weighted by molar-refractivity contribution is 7.16. The fraction of sp³-hybridized carbons (Fsp3) is 0.190. The largest absolute Gasteiger partial charge is 0.497 e. The standard InChI is InChI=1S/C21H20N2O5S/c1-12(24)21(22,20(25)26)19-23-17(13-4-8-15(27-2)9-5-13)18(29-19)14-6-10-16(28-3)11-7-14/h4-11H,22H2,1-3H3,(H,25,26). The molecule has 0 aliphatic heterocycles. The Hall–Kier alpha value is -3.23. The van der Waals surface area contributed by atoms with Crippen molar-refractivity contribution < 1.29 is 24.2 Å². The van der Waals surface area contributed by atoms with Gasteiger partial charge in [-0.1, -0.05) is 0 Å². The molecule has 1 heterocycles. The van der Waals surface area contributed by atoms with Gasteiger partial charge < -0.3 is 20.3 Å². The van der Waals surface area contributed by atoms with Gasteiger partial charge in [-0.2, -0.15) is 0 Å². The van der Waals surface area contributed by atoms with E-state index >= 15 is 0 Å². The number of thiazole rings is 1. The maximum Gasteiger partial charge on any atom is 0.338 e. The summed E-state index contributed by atoms with van der Waals surface area (Å²) in [6.45, 7) is 1.15. The van der Waals surface area contributed by atoms with Gasteiger partial charge in [-0.15, -0.1) is 11.3 Å². The van der Waals surface area contributed by atoms with E-state index in [0.717, 1.165) is 29.4 Å². The van der Waals surface area contributed by atoms with Crippen molar-refractivity contribution in [2.75, 3.05) is 14.2 Å². The van der Waals surface area contributed by atoms with E-state index in [1.807, 2.05) is 24.3 Å². The maximum atomic E-state index is 12.1. The fourth-order valence-electron chi connectivity index (χ4n) is 2.76. The minimum Gasteiger partial charge on any atom is -0.497 e. The molecule has 8 heteroatoms. The third kappa shape index (κ3) is 3.72. The van der Waals surface area contributed by atoms with Crippen molar-refractivity contribution in [2.45, 2.75) is 12.5 Å². The molecule has 3 rings (SSSR count). The SMILES string of the molecule is COc1ccc(-c2nc(C(N)(C(C)=O)C(=O)O)sc2-c2ccc(OC)cc2)cc1. The zero-order valence-electron chi connectivity index (χ0n) is 16.1. The molecule has 0 amide bonds. The summed E-state index contributed by atoms with van der Waals surface area (Å²) in [7, 11) is 3.15. The van der Waals surface area contributed by atoms with E-state index in [2.05, 4.69) is 4.98 Å². The lowest BCUT2D eigenvalue weighted by molar-refractivity contribution is -0.148. The lowest BCUT2D eigenvalue weighted by Gasteiger charge is -2.18. The van der Waals surface area contributed by atoms with Gasteiger partial charge in [-0.3, -0.25) is 4.79 Å². The molecule has 1 unspecified atom stereocenters. The van der Waals surface area contributed by atoms with Crippen molar-refractivity contribution in [1.29, 1.82) is 0 Å². The van der Waals surface area contributed by atoms with Gasteiger partial charge in [0.2, 0.25) is 5.54 Å². The summed E-state index contributed by atoms with van der Waals surface area (Å²) in [5, 5.41) is 9.64. The molecular weight excluding hydrogens is 392 g/mol. The molecule has 0 aliphatic carbocycles. The quantitative estimate of drug-likeness (QED) is 0.573. The zero-order valence-corrected chi connectivity index (χ0v) is 16.9. The predicted molar refractivity (Wildman–Crippen MR) is 110 cm³/mol. The van der Waals surface area contributed by atoms with Crippen LogP contribution in [0.25, 0.3) is 21.7 Å². The van der Waals surface area contributed by atoms with Crippen LogP contribution in [0.5, 0.6) is 11.5 Å². The Kier molecular flexibility index (Phi) is 5.67. The number of benzene rings is 2. The Morgan fingerprint density at radius 2 is 1.45 bits per heavy atom. The number of aromatic nitrogens is 1. The van der Waals surface area contributed by atoms with Crippen LogP contribution in [-0.4, -0.2) is 36.1 Å². The first-order chi connectivity index (χ1) is 13.8. The molecule has 0 spiro atoms. The zero-order chi connectivity index (χ0) is 21.2. The number of carboxylic acids is 1. The van der Waals surface area contributed by atoms with Crippen LogP contribution in [0.15, 0.2) is 48.5 Å². The van der Waals surface area contributed by atoms with Crippen LogP contribution in [-0.2, 0) is 15.1 Å². The summed E-state index contributed by atoms with van der Waals surface area (Å²) in [5.41, 5.74) is 5.87. The summed E-state index contributed by atoms with van der Waals surface area (Å²) >= 11 is 1.08. The van der Waals surface area contributed by atoms with Crippen LogP contribution in [0.2, 0.25) is 0 Å². The number of methoxy groups -OCH3 is 2. The molecule has 0 bridgehead atoms. The minimum atomic E-state index is -2.21. The molecule has 29 heavy (non-hydrogen) atoms. The molecule has 2 aromatic carbocycles.